The van der Waals surface area contributed by atoms with Gasteiger partial charge in [0.05, 0.1) is 17.8 Å². The third-order valence-corrected chi connectivity index (χ3v) is 2.94. The lowest BCUT2D eigenvalue weighted by molar-refractivity contribution is 0.506. The zero-order chi connectivity index (χ0) is 12.4. The third kappa shape index (κ3) is 2.13. The van der Waals surface area contributed by atoms with Crippen molar-refractivity contribution in [2.75, 3.05) is 7.05 Å². The highest BCUT2D eigenvalue weighted by molar-refractivity contribution is 5.63. The molecule has 17 heavy (non-hydrogen) atoms. The topological polar surface area (TPSA) is 43.0 Å². The molecule has 0 unspecified atom stereocenters. The van der Waals surface area contributed by atoms with Crippen molar-refractivity contribution in [3.05, 3.63) is 29.3 Å². The van der Waals surface area contributed by atoms with E-state index >= 15 is 0 Å². The Morgan fingerprint density at radius 1 is 1.35 bits per heavy atom. The van der Waals surface area contributed by atoms with Gasteiger partial charge in [0.15, 0.2) is 0 Å². The molecular weight excluding hydrogens is 214 g/mol. The molecule has 0 aliphatic heterocycles. The maximum atomic E-state index is 5.81. The first-order valence-corrected chi connectivity index (χ1v) is 5.95. The van der Waals surface area contributed by atoms with E-state index in [1.165, 1.54) is 0 Å². The van der Waals surface area contributed by atoms with Gasteiger partial charge < -0.3 is 9.73 Å². The van der Waals surface area contributed by atoms with Gasteiger partial charge in [-0.25, -0.2) is 0 Å². The fourth-order valence-electron chi connectivity index (χ4n) is 2.14. The molecule has 4 nitrogen and oxygen atoms in total. The molecule has 0 aliphatic carbocycles. The molecule has 0 fully saturated rings. The zero-order valence-corrected chi connectivity index (χ0v) is 10.9. The molecule has 0 radical (unpaired) electrons. The van der Waals surface area contributed by atoms with E-state index in [2.05, 4.69) is 24.3 Å². The normalized spacial score (nSPS) is 11.1. The van der Waals surface area contributed by atoms with E-state index in [-0.39, 0.29) is 0 Å². The molecule has 1 N–H and O–H groups in total. The van der Waals surface area contributed by atoms with Crippen LogP contribution in [0.2, 0.25) is 0 Å². The van der Waals surface area contributed by atoms with Crippen LogP contribution < -0.4 is 5.32 Å². The Morgan fingerprint density at radius 2 is 2.12 bits per heavy atom. The molecule has 0 aromatic carbocycles. The second kappa shape index (κ2) is 4.75. The molecule has 0 bridgehead atoms. The van der Waals surface area contributed by atoms with Gasteiger partial charge in [0, 0.05) is 12.2 Å². The Balaban J connectivity index is 2.41. The summed E-state index contributed by atoms with van der Waals surface area (Å²) in [5.74, 6) is 1.86. The number of aryl methyl sites for hydroxylation is 2. The van der Waals surface area contributed by atoms with E-state index in [1.54, 1.807) is 0 Å². The van der Waals surface area contributed by atoms with Crippen LogP contribution in [0.5, 0.6) is 0 Å². The van der Waals surface area contributed by atoms with Gasteiger partial charge in [-0.1, -0.05) is 0 Å². The number of furan rings is 1. The summed E-state index contributed by atoms with van der Waals surface area (Å²) in [6, 6.07) is 4.03. The highest BCUT2D eigenvalue weighted by atomic mass is 16.3. The Hall–Kier alpha value is -1.55. The van der Waals surface area contributed by atoms with Crippen molar-refractivity contribution in [2.24, 2.45) is 0 Å². The molecule has 0 amide bonds. The van der Waals surface area contributed by atoms with Crippen molar-refractivity contribution in [3.63, 3.8) is 0 Å². The van der Waals surface area contributed by atoms with E-state index < -0.39 is 0 Å². The number of hydrogen-bond acceptors (Lipinski definition) is 3. The first kappa shape index (κ1) is 11.9. The summed E-state index contributed by atoms with van der Waals surface area (Å²) in [5.41, 5.74) is 3.30. The van der Waals surface area contributed by atoms with Gasteiger partial charge in [0.2, 0.25) is 0 Å². The van der Waals surface area contributed by atoms with E-state index in [0.717, 1.165) is 41.6 Å². The fraction of sp³-hybridized carbons (Fsp3) is 0.462. The average molecular weight is 233 g/mol. The van der Waals surface area contributed by atoms with Gasteiger partial charge in [-0.2, -0.15) is 5.10 Å². The first-order chi connectivity index (χ1) is 8.17. The highest BCUT2D eigenvalue weighted by Crippen LogP contribution is 2.28. The monoisotopic (exact) mass is 233 g/mol. The van der Waals surface area contributed by atoms with Crippen LogP contribution in [-0.2, 0) is 13.1 Å². The van der Waals surface area contributed by atoms with Crippen molar-refractivity contribution in [1.29, 1.82) is 0 Å². The maximum absolute atomic E-state index is 5.81. The zero-order valence-electron chi connectivity index (χ0n) is 10.9. The molecule has 0 spiro atoms. The minimum absolute atomic E-state index is 0.750. The molecule has 0 aliphatic rings. The number of hydrogen-bond donors (Lipinski definition) is 1. The van der Waals surface area contributed by atoms with Crippen LogP contribution in [0.3, 0.4) is 0 Å². The average Bonchev–Trinajstić information content (AvgIpc) is 2.84. The Labute approximate surface area is 102 Å². The van der Waals surface area contributed by atoms with E-state index in [1.807, 2.05) is 30.8 Å². The van der Waals surface area contributed by atoms with Crippen LogP contribution in [0.15, 0.2) is 16.5 Å². The Morgan fingerprint density at radius 3 is 2.71 bits per heavy atom. The van der Waals surface area contributed by atoms with Gasteiger partial charge in [0.1, 0.15) is 11.5 Å². The fourth-order valence-corrected chi connectivity index (χ4v) is 2.14. The Kier molecular flexibility index (Phi) is 3.33. The molecule has 92 valence electrons. The summed E-state index contributed by atoms with van der Waals surface area (Å²) < 4.78 is 7.82. The maximum Gasteiger partial charge on any atom is 0.138 e. The van der Waals surface area contributed by atoms with Gasteiger partial charge in [0.25, 0.3) is 0 Å². The van der Waals surface area contributed by atoms with Crippen molar-refractivity contribution in [2.45, 2.75) is 33.9 Å². The third-order valence-electron chi connectivity index (χ3n) is 2.94. The van der Waals surface area contributed by atoms with Gasteiger partial charge in [-0.15, -0.1) is 0 Å². The summed E-state index contributed by atoms with van der Waals surface area (Å²) in [6.07, 6.45) is 0. The van der Waals surface area contributed by atoms with Crippen molar-refractivity contribution >= 4 is 0 Å². The lowest BCUT2D eigenvalue weighted by Gasteiger charge is -2.00. The molecule has 2 heterocycles. The van der Waals surface area contributed by atoms with Gasteiger partial charge in [-0.05, 0) is 40.0 Å². The Bertz CT molecular complexity index is 511. The molecule has 2 aromatic rings. The number of nitrogens with one attached hydrogen (secondary N) is 1. The lowest BCUT2D eigenvalue weighted by atomic mass is 10.1. The molecule has 2 aromatic heterocycles. The predicted octanol–water partition coefficient (Wildman–Crippen LogP) is 2.50. The molecule has 2 rings (SSSR count). The van der Waals surface area contributed by atoms with Crippen LogP contribution in [0.25, 0.3) is 11.3 Å². The van der Waals surface area contributed by atoms with Crippen molar-refractivity contribution in [1.82, 2.24) is 15.1 Å². The van der Waals surface area contributed by atoms with E-state index in [0.29, 0.717) is 0 Å². The van der Waals surface area contributed by atoms with Crippen LogP contribution >= 0.6 is 0 Å². The SMILES string of the molecule is CCn1nc(C)c(-c2ccc(CNC)o2)c1C. The number of aromatic nitrogens is 2. The van der Waals surface area contributed by atoms with Crippen LogP contribution in [0.1, 0.15) is 24.1 Å². The molecule has 0 saturated carbocycles. The van der Waals surface area contributed by atoms with Gasteiger partial charge >= 0.3 is 0 Å². The summed E-state index contributed by atoms with van der Waals surface area (Å²) >= 11 is 0. The minimum atomic E-state index is 0.750. The minimum Gasteiger partial charge on any atom is -0.460 e. The summed E-state index contributed by atoms with van der Waals surface area (Å²) in [7, 11) is 1.91. The molecular formula is C13H19N3O. The largest absolute Gasteiger partial charge is 0.460 e. The van der Waals surface area contributed by atoms with E-state index in [4.69, 9.17) is 4.42 Å². The van der Waals surface area contributed by atoms with Crippen molar-refractivity contribution < 1.29 is 4.42 Å². The second-order valence-corrected chi connectivity index (χ2v) is 4.16. The van der Waals surface area contributed by atoms with E-state index in [9.17, 15) is 0 Å². The number of rotatable bonds is 4. The molecule has 0 atom stereocenters. The standard InChI is InChI=1S/C13H19N3O/c1-5-16-10(3)13(9(2)15-16)12-7-6-11(17-12)8-14-4/h6-7,14H,5,8H2,1-4H3. The summed E-state index contributed by atoms with van der Waals surface area (Å²) in [4.78, 5) is 0. The predicted molar refractivity (Wildman–Crippen MR) is 67.8 cm³/mol. The second-order valence-electron chi connectivity index (χ2n) is 4.16. The molecule has 0 saturated heterocycles. The highest BCUT2D eigenvalue weighted by Gasteiger charge is 2.15. The summed E-state index contributed by atoms with van der Waals surface area (Å²) in [6.45, 7) is 7.84. The smallest absolute Gasteiger partial charge is 0.138 e. The lowest BCUT2D eigenvalue weighted by Crippen LogP contribution is -2.03. The quantitative estimate of drug-likeness (QED) is 0.882. The van der Waals surface area contributed by atoms with Gasteiger partial charge in [-0.3, -0.25) is 4.68 Å². The summed E-state index contributed by atoms with van der Waals surface area (Å²) in [5, 5.41) is 7.58. The number of nitrogens with zero attached hydrogens (tertiary/aromatic N) is 2. The molecule has 4 heteroatoms. The van der Waals surface area contributed by atoms with Crippen LogP contribution in [0.4, 0.5) is 0 Å². The van der Waals surface area contributed by atoms with Crippen LogP contribution in [0, 0.1) is 13.8 Å². The first-order valence-electron chi connectivity index (χ1n) is 5.95. The van der Waals surface area contributed by atoms with Crippen molar-refractivity contribution in [3.8, 4) is 11.3 Å². The van der Waals surface area contributed by atoms with Crippen LogP contribution in [-0.4, -0.2) is 16.8 Å².